The van der Waals surface area contributed by atoms with Gasteiger partial charge in [-0.2, -0.15) is 0 Å². The minimum Gasteiger partial charge on any atom is -0.355 e. The summed E-state index contributed by atoms with van der Waals surface area (Å²) in [5.74, 6) is -0.000247. The summed E-state index contributed by atoms with van der Waals surface area (Å²) < 4.78 is 2.00. The second kappa shape index (κ2) is 7.09. The molecule has 1 amide bonds. The molecule has 3 rings (SSSR count). The second-order valence-electron chi connectivity index (χ2n) is 5.61. The first-order valence-electron chi connectivity index (χ1n) is 8.03. The summed E-state index contributed by atoms with van der Waals surface area (Å²) in [7, 11) is 0. The fourth-order valence-electron chi connectivity index (χ4n) is 2.80. The van der Waals surface area contributed by atoms with E-state index in [4.69, 9.17) is 0 Å². The highest BCUT2D eigenvalue weighted by Crippen LogP contribution is 2.19. The molecule has 2 heterocycles. The van der Waals surface area contributed by atoms with Crippen LogP contribution in [0.5, 0.6) is 0 Å². The van der Waals surface area contributed by atoms with Crippen LogP contribution in [0.4, 0.5) is 0 Å². The van der Waals surface area contributed by atoms with Crippen LogP contribution in [0.15, 0.2) is 60.9 Å². The van der Waals surface area contributed by atoms with Crippen molar-refractivity contribution in [1.29, 1.82) is 0 Å². The Bertz CT molecular complexity index is 746. The van der Waals surface area contributed by atoms with Gasteiger partial charge in [-0.3, -0.25) is 4.79 Å². The van der Waals surface area contributed by atoms with Gasteiger partial charge in [-0.1, -0.05) is 43.3 Å². The lowest BCUT2D eigenvalue weighted by Crippen LogP contribution is -2.30. The Labute approximate surface area is 136 Å². The molecular weight excluding hydrogens is 286 g/mol. The molecule has 0 saturated carbocycles. The number of carbonyl (C=O) groups excluding carboxylic acids is 1. The fraction of sp³-hybridized carbons (Fsp3) is 0.263. The fourth-order valence-corrected chi connectivity index (χ4v) is 2.80. The minimum absolute atomic E-state index is 0.0856. The van der Waals surface area contributed by atoms with Gasteiger partial charge in [0.15, 0.2) is 0 Å². The van der Waals surface area contributed by atoms with E-state index in [2.05, 4.69) is 10.3 Å². The molecule has 2 aromatic heterocycles. The van der Waals surface area contributed by atoms with E-state index in [9.17, 15) is 4.79 Å². The van der Waals surface area contributed by atoms with Gasteiger partial charge in [0, 0.05) is 25.4 Å². The monoisotopic (exact) mass is 307 g/mol. The van der Waals surface area contributed by atoms with Gasteiger partial charge in [0.25, 0.3) is 0 Å². The molecule has 4 heteroatoms. The standard InChI is InChI=1S/C19H21N3O/c1-2-17(15-8-4-3-5-9-15)19(23)20-12-11-16-14-22-13-7-6-10-18(22)21-16/h3-10,13-14,17H,2,11-12H2,1H3,(H,20,23). The lowest BCUT2D eigenvalue weighted by atomic mass is 9.96. The normalized spacial score (nSPS) is 12.2. The molecule has 118 valence electrons. The van der Waals surface area contributed by atoms with Crippen molar-refractivity contribution in [2.75, 3.05) is 6.54 Å². The SMILES string of the molecule is CCC(C(=O)NCCc1cn2ccccc2n1)c1ccccc1. The number of hydrogen-bond donors (Lipinski definition) is 1. The van der Waals surface area contributed by atoms with Crippen LogP contribution in [0.2, 0.25) is 0 Å². The zero-order valence-corrected chi connectivity index (χ0v) is 13.3. The Morgan fingerprint density at radius 1 is 1.17 bits per heavy atom. The van der Waals surface area contributed by atoms with Gasteiger partial charge in [-0.05, 0) is 24.1 Å². The van der Waals surface area contributed by atoms with Crippen molar-refractivity contribution in [3.63, 3.8) is 0 Å². The molecule has 0 saturated heterocycles. The first-order chi connectivity index (χ1) is 11.3. The number of amides is 1. The average Bonchev–Trinajstić information content (AvgIpc) is 2.99. The highest BCUT2D eigenvalue weighted by molar-refractivity contribution is 5.83. The predicted octanol–water partition coefficient (Wildman–Crippen LogP) is 3.19. The smallest absolute Gasteiger partial charge is 0.227 e. The minimum atomic E-state index is -0.0859. The van der Waals surface area contributed by atoms with Gasteiger partial charge in [0.05, 0.1) is 11.6 Å². The number of fused-ring (bicyclic) bond motifs is 1. The molecule has 4 nitrogen and oxygen atoms in total. The maximum Gasteiger partial charge on any atom is 0.227 e. The van der Waals surface area contributed by atoms with Crippen molar-refractivity contribution in [3.8, 4) is 0 Å². The Morgan fingerprint density at radius 3 is 2.70 bits per heavy atom. The number of benzene rings is 1. The van der Waals surface area contributed by atoms with Crippen LogP contribution in [0, 0.1) is 0 Å². The average molecular weight is 307 g/mol. The quantitative estimate of drug-likeness (QED) is 0.760. The van der Waals surface area contributed by atoms with E-state index in [0.29, 0.717) is 6.54 Å². The van der Waals surface area contributed by atoms with Gasteiger partial charge in [0.1, 0.15) is 5.65 Å². The Hall–Kier alpha value is -2.62. The largest absolute Gasteiger partial charge is 0.355 e. The summed E-state index contributed by atoms with van der Waals surface area (Å²) >= 11 is 0. The molecule has 1 N–H and O–H groups in total. The number of rotatable bonds is 6. The number of nitrogens with zero attached hydrogens (tertiary/aromatic N) is 2. The zero-order chi connectivity index (χ0) is 16.1. The zero-order valence-electron chi connectivity index (χ0n) is 13.3. The number of carbonyl (C=O) groups is 1. The number of nitrogens with one attached hydrogen (secondary N) is 1. The highest BCUT2D eigenvalue weighted by Gasteiger charge is 2.17. The molecule has 0 fully saturated rings. The summed E-state index contributed by atoms with van der Waals surface area (Å²) in [5, 5.41) is 3.04. The Balaban J connectivity index is 1.58. The van der Waals surface area contributed by atoms with Crippen LogP contribution < -0.4 is 5.32 Å². The lowest BCUT2D eigenvalue weighted by Gasteiger charge is -2.15. The maximum atomic E-state index is 12.4. The third kappa shape index (κ3) is 3.59. The third-order valence-corrected chi connectivity index (χ3v) is 4.02. The number of hydrogen-bond acceptors (Lipinski definition) is 2. The Kier molecular flexibility index (Phi) is 4.71. The summed E-state index contributed by atoms with van der Waals surface area (Å²) in [6.07, 6.45) is 5.52. The molecule has 0 aliphatic rings. The van der Waals surface area contributed by atoms with Crippen LogP contribution in [0.3, 0.4) is 0 Å². The summed E-state index contributed by atoms with van der Waals surface area (Å²) in [5.41, 5.74) is 2.99. The first kappa shape index (κ1) is 15.3. The summed E-state index contributed by atoms with van der Waals surface area (Å²) in [6, 6.07) is 15.9. The van der Waals surface area contributed by atoms with E-state index in [1.807, 2.05) is 72.2 Å². The van der Waals surface area contributed by atoms with Crippen molar-refractivity contribution in [2.24, 2.45) is 0 Å². The van der Waals surface area contributed by atoms with Crippen LogP contribution in [0.1, 0.15) is 30.5 Å². The summed E-state index contributed by atoms with van der Waals surface area (Å²) in [6.45, 7) is 2.64. The molecule has 3 aromatic rings. The van der Waals surface area contributed by atoms with Crippen molar-refractivity contribution in [1.82, 2.24) is 14.7 Å². The van der Waals surface area contributed by atoms with Gasteiger partial charge >= 0.3 is 0 Å². The van der Waals surface area contributed by atoms with Crippen LogP contribution in [-0.2, 0) is 11.2 Å². The molecule has 0 radical (unpaired) electrons. The predicted molar refractivity (Wildman–Crippen MR) is 91.4 cm³/mol. The number of pyridine rings is 1. The van der Waals surface area contributed by atoms with Crippen LogP contribution in [-0.4, -0.2) is 21.8 Å². The molecule has 0 aliphatic heterocycles. The van der Waals surface area contributed by atoms with Gasteiger partial charge in [-0.15, -0.1) is 0 Å². The molecule has 0 spiro atoms. The summed E-state index contributed by atoms with van der Waals surface area (Å²) in [4.78, 5) is 16.9. The molecule has 23 heavy (non-hydrogen) atoms. The Morgan fingerprint density at radius 2 is 1.96 bits per heavy atom. The van der Waals surface area contributed by atoms with E-state index >= 15 is 0 Å². The topological polar surface area (TPSA) is 46.4 Å². The van der Waals surface area contributed by atoms with E-state index in [1.54, 1.807) is 0 Å². The molecule has 0 aliphatic carbocycles. The van der Waals surface area contributed by atoms with E-state index < -0.39 is 0 Å². The molecule has 1 unspecified atom stereocenters. The van der Waals surface area contributed by atoms with Crippen molar-refractivity contribution < 1.29 is 4.79 Å². The van der Waals surface area contributed by atoms with E-state index in [-0.39, 0.29) is 11.8 Å². The maximum absolute atomic E-state index is 12.4. The molecule has 1 aromatic carbocycles. The van der Waals surface area contributed by atoms with Crippen molar-refractivity contribution >= 4 is 11.6 Å². The van der Waals surface area contributed by atoms with E-state index in [0.717, 1.165) is 29.7 Å². The van der Waals surface area contributed by atoms with E-state index in [1.165, 1.54) is 0 Å². The van der Waals surface area contributed by atoms with Crippen LogP contribution >= 0.6 is 0 Å². The number of aromatic nitrogens is 2. The van der Waals surface area contributed by atoms with Gasteiger partial charge in [-0.25, -0.2) is 4.98 Å². The molecular formula is C19H21N3O. The van der Waals surface area contributed by atoms with Crippen molar-refractivity contribution in [2.45, 2.75) is 25.7 Å². The van der Waals surface area contributed by atoms with Gasteiger partial charge < -0.3 is 9.72 Å². The second-order valence-corrected chi connectivity index (χ2v) is 5.61. The first-order valence-corrected chi connectivity index (χ1v) is 8.03. The number of imidazole rings is 1. The lowest BCUT2D eigenvalue weighted by molar-refractivity contribution is -0.122. The van der Waals surface area contributed by atoms with Crippen molar-refractivity contribution in [3.05, 3.63) is 72.2 Å². The molecule has 1 atom stereocenters. The van der Waals surface area contributed by atoms with Gasteiger partial charge in [0.2, 0.25) is 5.91 Å². The third-order valence-electron chi connectivity index (χ3n) is 4.02. The molecule has 0 bridgehead atoms. The van der Waals surface area contributed by atoms with Crippen LogP contribution in [0.25, 0.3) is 5.65 Å². The highest BCUT2D eigenvalue weighted by atomic mass is 16.1.